The Balaban J connectivity index is 1.62. The van der Waals surface area contributed by atoms with Gasteiger partial charge in [0.25, 0.3) is 0 Å². The largest absolute Gasteiger partial charge is 0.444 e. The lowest BCUT2D eigenvalue weighted by Gasteiger charge is -2.33. The number of oxazole rings is 1. The Labute approximate surface area is 146 Å². The number of ether oxygens (including phenoxy) is 1. The van der Waals surface area contributed by atoms with Crippen molar-refractivity contribution in [2.45, 2.75) is 39.2 Å². The van der Waals surface area contributed by atoms with Crippen molar-refractivity contribution < 1.29 is 18.7 Å². The van der Waals surface area contributed by atoms with Crippen LogP contribution in [0.2, 0.25) is 0 Å². The molecule has 2 amide bonds. The van der Waals surface area contributed by atoms with Crippen molar-refractivity contribution >= 4 is 29.1 Å². The molecule has 1 atom stereocenters. The molecule has 1 aromatic carbocycles. The van der Waals surface area contributed by atoms with E-state index in [9.17, 15) is 9.59 Å². The standard InChI is InChI=1S/C18H23N3O4/c1-18(2,3)25-17(23)21-10-6-7-12(11-21)15(22)20-16-19-13-8-4-5-9-14(13)24-16/h4-5,8-9,12H,6-7,10-11H2,1-3H3,(H,19,20,22). The van der Waals surface area contributed by atoms with Gasteiger partial charge in [-0.15, -0.1) is 0 Å². The fourth-order valence-electron chi connectivity index (χ4n) is 2.82. The normalized spacial score (nSPS) is 18.2. The number of likely N-dealkylation sites (tertiary alicyclic amines) is 1. The van der Waals surface area contributed by atoms with Crippen molar-refractivity contribution in [1.29, 1.82) is 0 Å². The lowest BCUT2D eigenvalue weighted by atomic mass is 9.97. The molecule has 25 heavy (non-hydrogen) atoms. The number of rotatable bonds is 2. The minimum Gasteiger partial charge on any atom is -0.444 e. The second-order valence-electron chi connectivity index (χ2n) is 7.24. The number of anilines is 1. The highest BCUT2D eigenvalue weighted by molar-refractivity contribution is 5.92. The second-order valence-corrected chi connectivity index (χ2v) is 7.24. The first-order chi connectivity index (χ1) is 11.8. The van der Waals surface area contributed by atoms with E-state index in [0.717, 1.165) is 6.42 Å². The van der Waals surface area contributed by atoms with Crippen LogP contribution in [-0.2, 0) is 9.53 Å². The number of amides is 2. The summed E-state index contributed by atoms with van der Waals surface area (Å²) < 4.78 is 10.9. The Hall–Kier alpha value is -2.57. The molecule has 1 fully saturated rings. The van der Waals surface area contributed by atoms with Crippen LogP contribution in [0.5, 0.6) is 0 Å². The van der Waals surface area contributed by atoms with Gasteiger partial charge in [0.15, 0.2) is 5.58 Å². The minimum absolute atomic E-state index is 0.181. The molecule has 1 aliphatic rings. The van der Waals surface area contributed by atoms with E-state index in [1.54, 1.807) is 11.0 Å². The second kappa shape index (κ2) is 6.74. The number of para-hydroxylation sites is 2. The van der Waals surface area contributed by atoms with Gasteiger partial charge in [-0.25, -0.2) is 4.79 Å². The third kappa shape index (κ3) is 4.29. The van der Waals surface area contributed by atoms with Crippen LogP contribution in [-0.4, -0.2) is 40.6 Å². The highest BCUT2D eigenvalue weighted by atomic mass is 16.6. The molecule has 2 aromatic rings. The molecule has 0 saturated carbocycles. The summed E-state index contributed by atoms with van der Waals surface area (Å²) in [5.41, 5.74) is 0.762. The minimum atomic E-state index is -0.551. The fraction of sp³-hybridized carbons (Fsp3) is 0.500. The van der Waals surface area contributed by atoms with Gasteiger partial charge in [-0.1, -0.05) is 12.1 Å². The van der Waals surface area contributed by atoms with Gasteiger partial charge in [-0.05, 0) is 45.7 Å². The van der Waals surface area contributed by atoms with Gasteiger partial charge in [0, 0.05) is 13.1 Å². The zero-order valence-electron chi connectivity index (χ0n) is 14.7. The van der Waals surface area contributed by atoms with Gasteiger partial charge in [-0.3, -0.25) is 10.1 Å². The lowest BCUT2D eigenvalue weighted by Crippen LogP contribution is -2.45. The highest BCUT2D eigenvalue weighted by Crippen LogP contribution is 2.22. The molecular formula is C18H23N3O4. The number of benzene rings is 1. The molecule has 1 saturated heterocycles. The van der Waals surface area contributed by atoms with Gasteiger partial charge in [-0.2, -0.15) is 4.98 Å². The van der Waals surface area contributed by atoms with E-state index in [4.69, 9.17) is 9.15 Å². The van der Waals surface area contributed by atoms with Crippen LogP contribution >= 0.6 is 0 Å². The molecule has 0 aliphatic carbocycles. The van der Waals surface area contributed by atoms with E-state index < -0.39 is 5.60 Å². The predicted molar refractivity (Wildman–Crippen MR) is 93.2 cm³/mol. The van der Waals surface area contributed by atoms with Crippen LogP contribution in [0.3, 0.4) is 0 Å². The number of carbonyl (C=O) groups is 2. The number of hydrogen-bond donors (Lipinski definition) is 1. The Morgan fingerprint density at radius 2 is 2.08 bits per heavy atom. The highest BCUT2D eigenvalue weighted by Gasteiger charge is 2.31. The third-order valence-corrected chi connectivity index (χ3v) is 3.97. The summed E-state index contributed by atoms with van der Waals surface area (Å²) in [7, 11) is 0. The van der Waals surface area contributed by atoms with Crippen LogP contribution in [0.15, 0.2) is 28.7 Å². The zero-order valence-corrected chi connectivity index (χ0v) is 14.7. The number of aromatic nitrogens is 1. The maximum absolute atomic E-state index is 12.5. The molecule has 134 valence electrons. The number of fused-ring (bicyclic) bond motifs is 1. The van der Waals surface area contributed by atoms with Gasteiger partial charge in [0.2, 0.25) is 5.91 Å². The Bertz CT molecular complexity index is 745. The van der Waals surface area contributed by atoms with Gasteiger partial charge < -0.3 is 14.1 Å². The number of piperidine rings is 1. The van der Waals surface area contributed by atoms with E-state index in [0.29, 0.717) is 30.6 Å². The summed E-state index contributed by atoms with van der Waals surface area (Å²) in [6.45, 7) is 6.41. The van der Waals surface area contributed by atoms with E-state index in [2.05, 4.69) is 10.3 Å². The van der Waals surface area contributed by atoms with Gasteiger partial charge in [0.05, 0.1) is 5.92 Å². The Morgan fingerprint density at radius 1 is 1.32 bits per heavy atom. The number of carbonyl (C=O) groups excluding carboxylic acids is 2. The van der Waals surface area contributed by atoms with Crippen LogP contribution in [0.1, 0.15) is 33.6 Å². The summed E-state index contributed by atoms with van der Waals surface area (Å²) in [6, 6.07) is 7.50. The third-order valence-electron chi connectivity index (χ3n) is 3.97. The molecule has 1 aromatic heterocycles. The first-order valence-electron chi connectivity index (χ1n) is 8.46. The summed E-state index contributed by atoms with van der Waals surface area (Å²) in [6.07, 6.45) is 1.09. The van der Waals surface area contributed by atoms with Gasteiger partial charge in [0.1, 0.15) is 11.1 Å². The number of nitrogens with zero attached hydrogens (tertiary/aromatic N) is 2. The average Bonchev–Trinajstić information content (AvgIpc) is 2.95. The lowest BCUT2D eigenvalue weighted by molar-refractivity contribution is -0.121. The summed E-state index contributed by atoms with van der Waals surface area (Å²) in [5.74, 6) is -0.504. The van der Waals surface area contributed by atoms with Crippen molar-refractivity contribution in [3.05, 3.63) is 24.3 Å². The van der Waals surface area contributed by atoms with Gasteiger partial charge >= 0.3 is 12.1 Å². The molecule has 7 heteroatoms. The van der Waals surface area contributed by atoms with Crippen molar-refractivity contribution in [3.8, 4) is 0 Å². The summed E-state index contributed by atoms with van der Waals surface area (Å²) >= 11 is 0. The summed E-state index contributed by atoms with van der Waals surface area (Å²) in [5, 5.41) is 2.71. The first-order valence-corrected chi connectivity index (χ1v) is 8.46. The predicted octanol–water partition coefficient (Wildman–Crippen LogP) is 3.41. The van der Waals surface area contributed by atoms with Crippen molar-refractivity contribution in [2.75, 3.05) is 18.4 Å². The van der Waals surface area contributed by atoms with E-state index >= 15 is 0 Å². The monoisotopic (exact) mass is 345 g/mol. The molecule has 7 nitrogen and oxygen atoms in total. The molecular weight excluding hydrogens is 322 g/mol. The van der Waals surface area contributed by atoms with E-state index in [1.165, 1.54) is 0 Å². The molecule has 1 unspecified atom stereocenters. The first kappa shape index (κ1) is 17.3. The average molecular weight is 345 g/mol. The molecule has 1 aliphatic heterocycles. The number of hydrogen-bond acceptors (Lipinski definition) is 5. The van der Waals surface area contributed by atoms with E-state index in [-0.39, 0.29) is 23.9 Å². The molecule has 3 rings (SSSR count). The topological polar surface area (TPSA) is 84.7 Å². The SMILES string of the molecule is CC(C)(C)OC(=O)N1CCCC(C(=O)Nc2nc3ccccc3o2)C1. The van der Waals surface area contributed by atoms with Crippen LogP contribution in [0.4, 0.5) is 10.8 Å². The smallest absolute Gasteiger partial charge is 0.410 e. The molecule has 2 heterocycles. The van der Waals surface area contributed by atoms with Crippen LogP contribution in [0.25, 0.3) is 11.1 Å². The van der Waals surface area contributed by atoms with Crippen LogP contribution < -0.4 is 5.32 Å². The number of nitrogens with one attached hydrogen (secondary N) is 1. The Morgan fingerprint density at radius 3 is 2.80 bits per heavy atom. The van der Waals surface area contributed by atoms with Crippen molar-refractivity contribution in [2.24, 2.45) is 5.92 Å². The maximum Gasteiger partial charge on any atom is 0.410 e. The van der Waals surface area contributed by atoms with Crippen molar-refractivity contribution in [1.82, 2.24) is 9.88 Å². The summed E-state index contributed by atoms with van der Waals surface area (Å²) in [4.78, 5) is 30.5. The maximum atomic E-state index is 12.5. The molecule has 0 bridgehead atoms. The van der Waals surface area contributed by atoms with Crippen LogP contribution in [0, 0.1) is 5.92 Å². The van der Waals surface area contributed by atoms with E-state index in [1.807, 2.05) is 39.0 Å². The quantitative estimate of drug-likeness (QED) is 0.901. The Kier molecular flexibility index (Phi) is 4.65. The molecule has 0 radical (unpaired) electrons. The molecule has 0 spiro atoms. The fourth-order valence-corrected chi connectivity index (χ4v) is 2.82. The zero-order chi connectivity index (χ0) is 18.0. The van der Waals surface area contributed by atoms with Crippen molar-refractivity contribution in [3.63, 3.8) is 0 Å². The molecule has 1 N–H and O–H groups in total.